The Labute approximate surface area is 184 Å². The van der Waals surface area contributed by atoms with Crippen LogP contribution in [-0.4, -0.2) is 45.4 Å². The highest BCUT2D eigenvalue weighted by molar-refractivity contribution is 6.35. The van der Waals surface area contributed by atoms with Crippen molar-refractivity contribution >= 4 is 19.4 Å². The number of fused-ring (bicyclic) bond motifs is 2. The second kappa shape index (κ2) is 10.7. The van der Waals surface area contributed by atoms with E-state index >= 15 is 0 Å². The number of carbonyl (C=O) groups is 1. The lowest BCUT2D eigenvalue weighted by atomic mass is 9.87. The van der Waals surface area contributed by atoms with E-state index in [2.05, 4.69) is 5.32 Å². The second-order valence-electron chi connectivity index (χ2n) is 8.26. The number of alkyl carbamates (subject to hydrolysis) is 1. The Morgan fingerprint density at radius 3 is 2.65 bits per heavy atom. The molecule has 3 rings (SSSR count). The van der Waals surface area contributed by atoms with Crippen molar-refractivity contribution in [1.82, 2.24) is 5.32 Å². The Balaban J connectivity index is 1.63. The Morgan fingerprint density at radius 1 is 1.13 bits per heavy atom. The summed E-state index contributed by atoms with van der Waals surface area (Å²) >= 11 is 0. The van der Waals surface area contributed by atoms with Crippen LogP contribution in [0.15, 0.2) is 48.5 Å². The van der Waals surface area contributed by atoms with Gasteiger partial charge in [0.25, 0.3) is 0 Å². The molecule has 1 N–H and O–H groups in total. The van der Waals surface area contributed by atoms with Crippen LogP contribution >= 0.6 is 0 Å². The molecule has 0 spiro atoms. The fraction of sp³-hybridized carbons (Fsp3) is 0.435. The van der Waals surface area contributed by atoms with Gasteiger partial charge in [0.1, 0.15) is 18.3 Å². The lowest BCUT2D eigenvalue weighted by Gasteiger charge is -2.26. The van der Waals surface area contributed by atoms with E-state index in [1.165, 1.54) is 0 Å². The lowest BCUT2D eigenvalue weighted by Crippen LogP contribution is -2.36. The summed E-state index contributed by atoms with van der Waals surface area (Å²) in [4.78, 5) is 23.3. The first kappa shape index (κ1) is 23.1. The molecule has 0 aliphatic carbocycles. The quantitative estimate of drug-likeness (QED) is 0.567. The predicted octanol–water partition coefficient (Wildman–Crippen LogP) is 2.97. The van der Waals surface area contributed by atoms with Gasteiger partial charge in [0.05, 0.1) is 25.5 Å². The molecule has 0 fully saturated rings. The van der Waals surface area contributed by atoms with Crippen LogP contribution in [0.25, 0.3) is 0 Å². The van der Waals surface area contributed by atoms with Gasteiger partial charge in [-0.2, -0.15) is 0 Å². The van der Waals surface area contributed by atoms with Gasteiger partial charge in [-0.3, -0.25) is 5.46 Å². The topological polar surface area (TPSA) is 75.3 Å². The maximum atomic E-state index is 12.1. The van der Waals surface area contributed by atoms with Gasteiger partial charge in [-0.1, -0.05) is 48.0 Å². The van der Waals surface area contributed by atoms with Crippen LogP contribution in [0, 0.1) is 0 Å². The molecule has 0 saturated heterocycles. The largest absolute Gasteiger partial charge is 0.575 e. The number of nitrogens with one attached hydrogen (secondary N) is 1. The molecule has 0 saturated carbocycles. The highest BCUT2D eigenvalue weighted by Gasteiger charge is 2.23. The van der Waals surface area contributed by atoms with E-state index in [-0.39, 0.29) is 19.8 Å². The standard InChI is InChI=1S/C23H28BNO6/c1-23(2,3)29-22(26)25-12-20-18-10-7-11-19(21(18)24)28-15-17(30-31-20)14-27-13-16-8-5-4-6-9-16/h4-11,17,20H,12-15H2,1-3H3,(H,25,26)/q-1. The molecule has 0 aromatic heterocycles. The molecule has 2 unspecified atom stereocenters. The summed E-state index contributed by atoms with van der Waals surface area (Å²) in [6, 6.07) is 15.2. The number of benzene rings is 2. The summed E-state index contributed by atoms with van der Waals surface area (Å²) in [7, 11) is 6.27. The Hall–Kier alpha value is -2.55. The predicted molar refractivity (Wildman–Crippen MR) is 116 cm³/mol. The number of hydrogen-bond donors (Lipinski definition) is 1. The SMILES string of the molecule is [B-]c1c2cccc1C(CNC(=O)OC(C)(C)C)OOC(COCc1ccccc1)CO2. The zero-order valence-corrected chi connectivity index (χ0v) is 18.1. The molecule has 8 heteroatoms. The van der Waals surface area contributed by atoms with Crippen LogP contribution in [0.3, 0.4) is 0 Å². The van der Waals surface area contributed by atoms with Crippen molar-refractivity contribution < 1.29 is 28.8 Å². The first-order valence-corrected chi connectivity index (χ1v) is 10.2. The summed E-state index contributed by atoms with van der Waals surface area (Å²) in [5, 5.41) is 2.70. The van der Waals surface area contributed by atoms with E-state index in [0.29, 0.717) is 23.4 Å². The van der Waals surface area contributed by atoms with Crippen LogP contribution in [0.4, 0.5) is 4.79 Å². The average molecular weight is 425 g/mol. The van der Waals surface area contributed by atoms with E-state index in [9.17, 15) is 4.79 Å². The van der Waals surface area contributed by atoms with E-state index in [1.54, 1.807) is 32.9 Å². The van der Waals surface area contributed by atoms with Crippen LogP contribution in [-0.2, 0) is 25.9 Å². The molecule has 2 aromatic carbocycles. The van der Waals surface area contributed by atoms with Crippen molar-refractivity contribution in [2.45, 2.75) is 45.2 Å². The molecule has 7 nitrogen and oxygen atoms in total. The van der Waals surface area contributed by atoms with Gasteiger partial charge in [0, 0.05) is 0 Å². The second-order valence-corrected chi connectivity index (χ2v) is 8.26. The summed E-state index contributed by atoms with van der Waals surface area (Å²) in [6.45, 7) is 6.41. The summed E-state index contributed by atoms with van der Waals surface area (Å²) in [6.07, 6.45) is -1.68. The Kier molecular flexibility index (Phi) is 7.95. The van der Waals surface area contributed by atoms with Gasteiger partial charge in [0.2, 0.25) is 0 Å². The molecule has 2 bridgehead atoms. The van der Waals surface area contributed by atoms with E-state index < -0.39 is 23.9 Å². The summed E-state index contributed by atoms with van der Waals surface area (Å²) in [5.41, 5.74) is 1.54. The first-order valence-electron chi connectivity index (χ1n) is 10.2. The van der Waals surface area contributed by atoms with Gasteiger partial charge in [-0.05, 0) is 32.4 Å². The number of hydrogen-bond acceptors (Lipinski definition) is 6. The molecule has 165 valence electrons. The molecule has 31 heavy (non-hydrogen) atoms. The zero-order chi connectivity index (χ0) is 22.3. The minimum atomic E-state index is -0.647. The smallest absolute Gasteiger partial charge is 0.407 e. The molecule has 1 amide bonds. The van der Waals surface area contributed by atoms with Crippen molar-refractivity contribution in [2.24, 2.45) is 0 Å². The van der Waals surface area contributed by atoms with E-state index in [1.807, 2.05) is 36.4 Å². The maximum Gasteiger partial charge on any atom is 0.407 e. The fourth-order valence-corrected chi connectivity index (χ4v) is 2.97. The third-order valence-electron chi connectivity index (χ3n) is 4.43. The van der Waals surface area contributed by atoms with Crippen molar-refractivity contribution in [3.05, 3.63) is 59.7 Å². The summed E-state index contributed by atoms with van der Waals surface area (Å²) < 4.78 is 16.9. The highest BCUT2D eigenvalue weighted by atomic mass is 17.2. The first-order chi connectivity index (χ1) is 14.8. The van der Waals surface area contributed by atoms with Gasteiger partial charge in [-0.15, -0.1) is 0 Å². The Morgan fingerprint density at radius 2 is 1.90 bits per heavy atom. The van der Waals surface area contributed by atoms with Gasteiger partial charge >= 0.3 is 6.09 Å². The average Bonchev–Trinajstić information content (AvgIpc) is 2.74. The third kappa shape index (κ3) is 7.27. The normalized spacial score (nSPS) is 18.8. The molecular weight excluding hydrogens is 397 g/mol. The number of rotatable bonds is 6. The molecule has 2 aromatic rings. The van der Waals surface area contributed by atoms with Crippen molar-refractivity contribution in [3.63, 3.8) is 0 Å². The Bertz CT molecular complexity index is 855. The molecule has 1 aliphatic rings. The number of ether oxygens (including phenoxy) is 3. The van der Waals surface area contributed by atoms with Gasteiger partial charge in [0.15, 0.2) is 6.10 Å². The van der Waals surface area contributed by atoms with Crippen LogP contribution in [0.5, 0.6) is 5.75 Å². The molecule has 1 aliphatic heterocycles. The molecule has 3 radical (unpaired) electrons. The zero-order valence-electron chi connectivity index (χ0n) is 18.1. The van der Waals surface area contributed by atoms with E-state index in [0.717, 1.165) is 5.56 Å². The minimum Gasteiger partial charge on any atom is -0.575 e. The fourth-order valence-electron chi connectivity index (χ4n) is 2.97. The third-order valence-corrected chi connectivity index (χ3v) is 4.43. The minimum absolute atomic E-state index is 0.111. The maximum absolute atomic E-state index is 12.1. The lowest BCUT2D eigenvalue weighted by molar-refractivity contribution is -0.360. The van der Waals surface area contributed by atoms with Crippen molar-refractivity contribution in [1.29, 1.82) is 0 Å². The highest BCUT2D eigenvalue weighted by Crippen LogP contribution is 2.22. The summed E-state index contributed by atoms with van der Waals surface area (Å²) in [5.74, 6) is 0.530. The van der Waals surface area contributed by atoms with Crippen LogP contribution < -0.4 is 15.5 Å². The number of amides is 1. The molecule has 1 heterocycles. The van der Waals surface area contributed by atoms with Gasteiger partial charge < -0.3 is 27.4 Å². The monoisotopic (exact) mass is 425 g/mol. The molecular formula is C23H28BNO6-. The van der Waals surface area contributed by atoms with Crippen molar-refractivity contribution in [2.75, 3.05) is 19.8 Å². The van der Waals surface area contributed by atoms with Gasteiger partial charge in [-0.25, -0.2) is 14.6 Å². The van der Waals surface area contributed by atoms with Crippen LogP contribution in [0.1, 0.15) is 38.0 Å². The van der Waals surface area contributed by atoms with Crippen LogP contribution in [0.2, 0.25) is 0 Å². The van der Waals surface area contributed by atoms with Crippen molar-refractivity contribution in [3.8, 4) is 5.75 Å². The van der Waals surface area contributed by atoms with E-state index in [4.69, 9.17) is 31.8 Å². The number of carbonyl (C=O) groups excluding carboxylic acids is 1. The molecule has 2 atom stereocenters.